The molecule has 0 radical (unpaired) electrons. The van der Waals surface area contributed by atoms with Crippen molar-refractivity contribution in [3.8, 4) is 11.6 Å². The number of benzene rings is 2. The Balaban J connectivity index is 1.52. The van der Waals surface area contributed by atoms with Crippen molar-refractivity contribution in [2.75, 3.05) is 31.1 Å². The highest BCUT2D eigenvalue weighted by Gasteiger charge is 2.33. The molecule has 7 heteroatoms. The molecule has 1 aliphatic rings. The topological polar surface area (TPSA) is 76.5 Å². The smallest absolute Gasteiger partial charge is 0.327 e. The van der Waals surface area contributed by atoms with Crippen LogP contribution >= 0.6 is 0 Å². The van der Waals surface area contributed by atoms with Gasteiger partial charge in [0, 0.05) is 44.0 Å². The maximum absolute atomic E-state index is 12.9. The summed E-state index contributed by atoms with van der Waals surface area (Å²) in [4.78, 5) is 16.8. The lowest BCUT2D eigenvalue weighted by molar-refractivity contribution is -0.672. The van der Waals surface area contributed by atoms with Gasteiger partial charge >= 0.3 is 11.6 Å². The Hall–Kier alpha value is -3.35. The fraction of sp³-hybridized carbons (Fsp3) is 0.211. The van der Waals surface area contributed by atoms with Crippen molar-refractivity contribution in [2.24, 2.45) is 0 Å². The second-order valence-electron chi connectivity index (χ2n) is 6.07. The number of anilines is 1. The zero-order valence-corrected chi connectivity index (χ0v) is 14.1. The average molecular weight is 350 g/mol. The zero-order valence-electron chi connectivity index (χ0n) is 14.1. The summed E-state index contributed by atoms with van der Waals surface area (Å²) in [5.41, 5.74) is 1.68. The van der Waals surface area contributed by atoms with Gasteiger partial charge in [0.25, 0.3) is 0 Å². The Morgan fingerprint density at radius 2 is 1.58 bits per heavy atom. The van der Waals surface area contributed by atoms with E-state index in [0.29, 0.717) is 31.9 Å². The van der Waals surface area contributed by atoms with Gasteiger partial charge in [-0.25, -0.2) is 0 Å². The van der Waals surface area contributed by atoms with E-state index >= 15 is 0 Å². The van der Waals surface area contributed by atoms with Gasteiger partial charge in [-0.05, 0) is 16.8 Å². The predicted molar refractivity (Wildman–Crippen MR) is 92.0 cm³/mol. The van der Waals surface area contributed by atoms with E-state index in [4.69, 9.17) is 4.52 Å². The summed E-state index contributed by atoms with van der Waals surface area (Å²) in [6.07, 6.45) is 0. The molecule has 4 rings (SSSR count). The van der Waals surface area contributed by atoms with Crippen LogP contribution < -0.4 is 14.7 Å². The molecule has 0 saturated carbocycles. The lowest BCUT2D eigenvalue weighted by Gasteiger charge is -2.35. The molecule has 1 aliphatic heterocycles. The molecule has 0 bridgehead atoms. The summed E-state index contributed by atoms with van der Waals surface area (Å²) in [5.74, 6) is -1.07. The molecule has 2 aromatic carbocycles. The number of hydrogen-bond acceptors (Lipinski definition) is 5. The van der Waals surface area contributed by atoms with Gasteiger partial charge in [0.2, 0.25) is 5.69 Å². The number of hydrogen-bond donors (Lipinski definition) is 0. The average Bonchev–Trinajstić information content (AvgIpc) is 3.10. The Morgan fingerprint density at radius 3 is 2.23 bits per heavy atom. The minimum absolute atomic E-state index is 0.0654. The Kier molecular flexibility index (Phi) is 4.27. The van der Waals surface area contributed by atoms with Crippen LogP contribution in [-0.4, -0.2) is 42.3 Å². The number of amides is 1. The fourth-order valence-corrected chi connectivity index (χ4v) is 3.13. The largest absolute Gasteiger partial charge is 0.538 e. The number of piperazine rings is 1. The van der Waals surface area contributed by atoms with Crippen LogP contribution in [0, 0.1) is 0 Å². The van der Waals surface area contributed by atoms with Gasteiger partial charge in [0.05, 0.1) is 5.27 Å². The molecule has 1 saturated heterocycles. The highest BCUT2D eigenvalue weighted by atomic mass is 16.6. The molecular weight excluding hydrogens is 332 g/mol. The second kappa shape index (κ2) is 6.87. The third-order valence-corrected chi connectivity index (χ3v) is 4.50. The molecule has 1 aromatic heterocycles. The van der Waals surface area contributed by atoms with Gasteiger partial charge in [-0.3, -0.25) is 4.79 Å². The monoisotopic (exact) mass is 350 g/mol. The van der Waals surface area contributed by atoms with E-state index in [1.165, 1.54) is 4.68 Å². The van der Waals surface area contributed by atoms with E-state index in [1.54, 1.807) is 17.0 Å². The number of carbonyl (C=O) groups is 1. The minimum atomic E-state index is -0.718. The summed E-state index contributed by atoms with van der Waals surface area (Å²) >= 11 is 0. The highest BCUT2D eigenvalue weighted by Crippen LogP contribution is 2.18. The Bertz CT molecular complexity index is 888. The summed E-state index contributed by atoms with van der Waals surface area (Å²) in [7, 11) is 0. The molecule has 1 amide bonds. The lowest BCUT2D eigenvalue weighted by atomic mass is 10.2. The summed E-state index contributed by atoms with van der Waals surface area (Å²) in [6, 6.07) is 19.1. The molecule has 0 aliphatic carbocycles. The van der Waals surface area contributed by atoms with Crippen LogP contribution in [0.4, 0.5) is 5.69 Å². The molecule has 0 atom stereocenters. The molecule has 2 heterocycles. The van der Waals surface area contributed by atoms with Crippen molar-refractivity contribution in [1.29, 1.82) is 0 Å². The van der Waals surface area contributed by atoms with Crippen molar-refractivity contribution in [1.82, 2.24) is 10.2 Å². The van der Waals surface area contributed by atoms with Crippen LogP contribution in [0.1, 0.15) is 10.5 Å². The fourth-order valence-electron chi connectivity index (χ4n) is 3.13. The first kappa shape index (κ1) is 16.1. The Morgan fingerprint density at radius 1 is 0.962 bits per heavy atom. The van der Waals surface area contributed by atoms with Crippen LogP contribution in [0.15, 0.2) is 65.2 Å². The third kappa shape index (κ3) is 2.99. The normalized spacial score (nSPS) is 14.5. The van der Waals surface area contributed by atoms with Crippen molar-refractivity contribution in [3.63, 3.8) is 0 Å². The van der Waals surface area contributed by atoms with Gasteiger partial charge in [-0.1, -0.05) is 36.4 Å². The molecule has 0 N–H and O–H groups in total. The molecule has 0 unspecified atom stereocenters. The summed E-state index contributed by atoms with van der Waals surface area (Å²) in [6.45, 7) is 2.49. The van der Waals surface area contributed by atoms with Crippen LogP contribution in [0.25, 0.3) is 5.69 Å². The lowest BCUT2D eigenvalue weighted by Crippen LogP contribution is -2.51. The maximum atomic E-state index is 12.9. The van der Waals surface area contributed by atoms with Crippen molar-refractivity contribution in [2.45, 2.75) is 0 Å². The van der Waals surface area contributed by atoms with E-state index in [2.05, 4.69) is 22.3 Å². The first-order chi connectivity index (χ1) is 12.7. The number of nitrogens with zero attached hydrogens (tertiary/aromatic N) is 4. The molecule has 0 spiro atoms. The first-order valence-corrected chi connectivity index (χ1v) is 8.48. The first-order valence-electron chi connectivity index (χ1n) is 8.48. The van der Waals surface area contributed by atoms with Crippen LogP contribution in [-0.2, 0) is 0 Å². The van der Waals surface area contributed by atoms with Crippen molar-refractivity contribution >= 4 is 11.6 Å². The second-order valence-corrected chi connectivity index (χ2v) is 6.07. The van der Waals surface area contributed by atoms with Crippen molar-refractivity contribution < 1.29 is 19.1 Å². The molecule has 132 valence electrons. The maximum Gasteiger partial charge on any atom is 0.327 e. The highest BCUT2D eigenvalue weighted by molar-refractivity contribution is 5.92. The molecule has 3 aromatic rings. The van der Waals surface area contributed by atoms with E-state index in [0.717, 1.165) is 5.69 Å². The SMILES string of the molecule is O=C(c1c([O-])on[n+]1-c1ccccc1)N1CCN(c2ccccc2)CC1. The number of para-hydroxylation sites is 2. The zero-order chi connectivity index (χ0) is 17.9. The van der Waals surface area contributed by atoms with Crippen LogP contribution in [0.3, 0.4) is 0 Å². The summed E-state index contributed by atoms with van der Waals surface area (Å²) in [5, 5.41) is 15.8. The number of rotatable bonds is 3. The van der Waals surface area contributed by atoms with Gasteiger partial charge in [0.15, 0.2) is 5.95 Å². The summed E-state index contributed by atoms with van der Waals surface area (Å²) < 4.78 is 6.02. The van der Waals surface area contributed by atoms with E-state index in [1.807, 2.05) is 36.4 Å². The Labute approximate surface area is 150 Å². The van der Waals surface area contributed by atoms with Crippen LogP contribution in [0.5, 0.6) is 5.95 Å². The quantitative estimate of drug-likeness (QED) is 0.659. The van der Waals surface area contributed by atoms with Gasteiger partial charge in [-0.15, -0.1) is 0 Å². The van der Waals surface area contributed by atoms with Gasteiger partial charge in [-0.2, -0.15) is 0 Å². The molecule has 7 nitrogen and oxygen atoms in total. The minimum Gasteiger partial charge on any atom is -0.538 e. The molecule has 1 fully saturated rings. The van der Waals surface area contributed by atoms with Crippen molar-refractivity contribution in [3.05, 3.63) is 66.4 Å². The standard InChI is InChI=1S/C19H18N4O3/c24-18(17-19(25)26-20-23(17)16-9-5-2-6-10-16)22-13-11-21(12-14-22)15-7-3-1-4-8-15/h1-10H,11-14H2. The van der Waals surface area contributed by atoms with Crippen LogP contribution in [0.2, 0.25) is 0 Å². The van der Waals surface area contributed by atoms with E-state index in [9.17, 15) is 9.90 Å². The van der Waals surface area contributed by atoms with Gasteiger partial charge < -0.3 is 19.4 Å². The van der Waals surface area contributed by atoms with E-state index < -0.39 is 5.95 Å². The van der Waals surface area contributed by atoms with E-state index in [-0.39, 0.29) is 11.6 Å². The molecular formula is C19H18N4O3. The molecule has 26 heavy (non-hydrogen) atoms. The number of aromatic nitrogens is 2. The third-order valence-electron chi connectivity index (χ3n) is 4.50. The number of carbonyl (C=O) groups excluding carboxylic acids is 1. The predicted octanol–water partition coefficient (Wildman–Crippen LogP) is 0.987. The van der Waals surface area contributed by atoms with Gasteiger partial charge in [0.1, 0.15) is 0 Å².